The lowest BCUT2D eigenvalue weighted by Gasteiger charge is -2.07. The van der Waals surface area contributed by atoms with Gasteiger partial charge in [-0.05, 0) is 36.4 Å². The Morgan fingerprint density at radius 2 is 1.79 bits per heavy atom. The molecular formula is C15H10ClF3N4O. The van der Waals surface area contributed by atoms with E-state index in [1.165, 1.54) is 25.4 Å². The maximum atomic E-state index is 13.0. The van der Waals surface area contributed by atoms with Crippen LogP contribution < -0.4 is 4.74 Å². The van der Waals surface area contributed by atoms with E-state index >= 15 is 0 Å². The number of pyridine rings is 1. The molecule has 2 heterocycles. The minimum Gasteiger partial charge on any atom is -0.497 e. The molecule has 0 aliphatic heterocycles. The van der Waals surface area contributed by atoms with Crippen LogP contribution in [0.4, 0.5) is 13.2 Å². The number of nitrogens with zero attached hydrogens (tertiary/aromatic N) is 4. The van der Waals surface area contributed by atoms with Gasteiger partial charge in [0.25, 0.3) is 5.82 Å². The molecule has 9 heteroatoms. The van der Waals surface area contributed by atoms with Crippen molar-refractivity contribution in [2.45, 2.75) is 6.18 Å². The molecular weight excluding hydrogens is 345 g/mol. The lowest BCUT2D eigenvalue weighted by Crippen LogP contribution is -2.08. The Balaban J connectivity index is 2.15. The largest absolute Gasteiger partial charge is 0.497 e. The average molecular weight is 355 g/mol. The monoisotopic (exact) mass is 354 g/mol. The summed E-state index contributed by atoms with van der Waals surface area (Å²) in [6.45, 7) is 0. The van der Waals surface area contributed by atoms with E-state index in [9.17, 15) is 13.2 Å². The van der Waals surface area contributed by atoms with Gasteiger partial charge in [-0.2, -0.15) is 13.2 Å². The third kappa shape index (κ3) is 3.18. The van der Waals surface area contributed by atoms with Crippen molar-refractivity contribution >= 4 is 11.6 Å². The summed E-state index contributed by atoms with van der Waals surface area (Å²) in [6.07, 6.45) is -3.32. The molecule has 24 heavy (non-hydrogen) atoms. The first-order valence-corrected chi connectivity index (χ1v) is 7.07. The molecule has 1 aromatic carbocycles. The highest BCUT2D eigenvalue weighted by molar-refractivity contribution is 6.29. The molecule has 0 spiro atoms. The number of ether oxygens (including phenoxy) is 1. The van der Waals surface area contributed by atoms with E-state index in [0.29, 0.717) is 17.0 Å². The van der Waals surface area contributed by atoms with Crippen LogP contribution in [-0.4, -0.2) is 26.9 Å². The fourth-order valence-electron chi connectivity index (χ4n) is 2.03. The maximum absolute atomic E-state index is 13.0. The Bertz CT molecular complexity index is 845. The third-order valence-corrected chi connectivity index (χ3v) is 3.39. The van der Waals surface area contributed by atoms with E-state index in [4.69, 9.17) is 16.3 Å². The molecule has 0 unspecified atom stereocenters. The third-order valence-electron chi connectivity index (χ3n) is 3.16. The van der Waals surface area contributed by atoms with Gasteiger partial charge in [-0.15, -0.1) is 5.10 Å². The van der Waals surface area contributed by atoms with Crippen molar-refractivity contribution in [1.82, 2.24) is 19.7 Å². The van der Waals surface area contributed by atoms with E-state index in [1.54, 1.807) is 24.3 Å². The van der Waals surface area contributed by atoms with Crippen molar-refractivity contribution in [2.24, 2.45) is 0 Å². The summed E-state index contributed by atoms with van der Waals surface area (Å²) in [6, 6.07) is 9.40. The molecule has 0 saturated carbocycles. The fraction of sp³-hybridized carbons (Fsp3) is 0.133. The van der Waals surface area contributed by atoms with Gasteiger partial charge in [0, 0.05) is 11.8 Å². The second-order valence-electron chi connectivity index (χ2n) is 4.74. The molecule has 0 aliphatic carbocycles. The Kier molecular flexibility index (Phi) is 4.15. The van der Waals surface area contributed by atoms with Crippen LogP contribution in [0.1, 0.15) is 5.82 Å². The smallest absolute Gasteiger partial charge is 0.453 e. The van der Waals surface area contributed by atoms with Gasteiger partial charge < -0.3 is 4.74 Å². The first kappa shape index (κ1) is 16.3. The van der Waals surface area contributed by atoms with Crippen molar-refractivity contribution < 1.29 is 17.9 Å². The van der Waals surface area contributed by atoms with Crippen LogP contribution in [0.3, 0.4) is 0 Å². The van der Waals surface area contributed by atoms with E-state index in [-0.39, 0.29) is 11.0 Å². The van der Waals surface area contributed by atoms with Crippen molar-refractivity contribution in [3.63, 3.8) is 0 Å². The number of alkyl halides is 3. The number of methoxy groups -OCH3 is 1. The average Bonchev–Trinajstić information content (AvgIpc) is 3.01. The topological polar surface area (TPSA) is 52.8 Å². The van der Waals surface area contributed by atoms with E-state index in [2.05, 4.69) is 15.1 Å². The molecule has 2 aromatic heterocycles. The molecule has 3 aromatic rings. The van der Waals surface area contributed by atoms with Gasteiger partial charge in [0.05, 0.1) is 12.8 Å². The SMILES string of the molecule is COc1ccc(-n2nc(C(F)(F)F)nc2-c2ccc(Cl)nc2)cc1. The summed E-state index contributed by atoms with van der Waals surface area (Å²) in [4.78, 5) is 7.49. The van der Waals surface area contributed by atoms with Gasteiger partial charge >= 0.3 is 6.18 Å². The fourth-order valence-corrected chi connectivity index (χ4v) is 2.14. The molecule has 0 radical (unpaired) electrons. The minimum absolute atomic E-state index is 0.0108. The molecule has 3 rings (SSSR count). The molecule has 5 nitrogen and oxygen atoms in total. The van der Waals surface area contributed by atoms with Gasteiger partial charge in [-0.25, -0.2) is 14.6 Å². The summed E-state index contributed by atoms with van der Waals surface area (Å²) in [5.74, 6) is -0.649. The zero-order valence-electron chi connectivity index (χ0n) is 12.3. The summed E-state index contributed by atoms with van der Waals surface area (Å²) in [5, 5.41) is 3.81. The molecule has 124 valence electrons. The highest BCUT2D eigenvalue weighted by atomic mass is 35.5. The first-order valence-electron chi connectivity index (χ1n) is 6.69. The standard InChI is InChI=1S/C15H10ClF3N4O/c1-24-11-5-3-10(4-6-11)23-13(9-2-7-12(16)20-8-9)21-14(22-23)15(17,18)19/h2-8H,1H3. The van der Waals surface area contributed by atoms with Gasteiger partial charge in [0.1, 0.15) is 10.9 Å². The van der Waals surface area contributed by atoms with Gasteiger partial charge in [-0.3, -0.25) is 0 Å². The van der Waals surface area contributed by atoms with Gasteiger partial charge in [0.15, 0.2) is 5.82 Å². The Morgan fingerprint density at radius 1 is 1.08 bits per heavy atom. The van der Waals surface area contributed by atoms with Crippen molar-refractivity contribution in [3.8, 4) is 22.8 Å². The van der Waals surface area contributed by atoms with Crippen LogP contribution in [0.15, 0.2) is 42.6 Å². The molecule has 0 amide bonds. The summed E-state index contributed by atoms with van der Waals surface area (Å²) in [7, 11) is 1.50. The summed E-state index contributed by atoms with van der Waals surface area (Å²) in [5.41, 5.74) is 0.766. The zero-order chi connectivity index (χ0) is 17.3. The normalized spacial score (nSPS) is 11.5. The van der Waals surface area contributed by atoms with Crippen LogP contribution in [0, 0.1) is 0 Å². The quantitative estimate of drug-likeness (QED) is 0.667. The first-order chi connectivity index (χ1) is 11.4. The van der Waals surface area contributed by atoms with Crippen molar-refractivity contribution in [3.05, 3.63) is 53.6 Å². The number of benzene rings is 1. The van der Waals surface area contributed by atoms with Crippen molar-refractivity contribution in [1.29, 1.82) is 0 Å². The maximum Gasteiger partial charge on any atom is 0.453 e. The van der Waals surface area contributed by atoms with E-state index in [1.807, 2.05) is 0 Å². The highest BCUT2D eigenvalue weighted by Gasteiger charge is 2.37. The number of rotatable bonds is 3. The Labute approximate surface area is 139 Å². The number of aromatic nitrogens is 4. The lowest BCUT2D eigenvalue weighted by atomic mass is 10.2. The van der Waals surface area contributed by atoms with Crippen LogP contribution >= 0.6 is 11.6 Å². The van der Waals surface area contributed by atoms with Crippen LogP contribution in [0.2, 0.25) is 5.15 Å². The second kappa shape index (κ2) is 6.12. The highest BCUT2D eigenvalue weighted by Crippen LogP contribution is 2.30. The van der Waals surface area contributed by atoms with Gasteiger partial charge in [-0.1, -0.05) is 11.6 Å². The predicted octanol–water partition coefficient (Wildman–Crippen LogP) is 4.01. The Hall–Kier alpha value is -2.61. The number of hydrogen-bond acceptors (Lipinski definition) is 4. The number of hydrogen-bond donors (Lipinski definition) is 0. The summed E-state index contributed by atoms with van der Waals surface area (Å²) >= 11 is 5.72. The molecule has 0 saturated heterocycles. The van der Waals surface area contributed by atoms with Gasteiger partial charge in [0.2, 0.25) is 0 Å². The van der Waals surface area contributed by atoms with Crippen LogP contribution in [0.25, 0.3) is 17.1 Å². The number of halogens is 4. The minimum atomic E-state index is -4.66. The van der Waals surface area contributed by atoms with E-state index in [0.717, 1.165) is 4.68 Å². The zero-order valence-corrected chi connectivity index (χ0v) is 13.0. The van der Waals surface area contributed by atoms with Crippen LogP contribution in [-0.2, 0) is 6.18 Å². The molecule has 0 N–H and O–H groups in total. The molecule has 0 atom stereocenters. The van der Waals surface area contributed by atoms with Crippen LogP contribution in [0.5, 0.6) is 5.75 Å². The molecule has 0 fully saturated rings. The molecule has 0 bridgehead atoms. The summed E-state index contributed by atoms with van der Waals surface area (Å²) < 4.78 is 45.1. The van der Waals surface area contributed by atoms with Crippen molar-refractivity contribution in [2.75, 3.05) is 7.11 Å². The lowest BCUT2D eigenvalue weighted by molar-refractivity contribution is -0.144. The Morgan fingerprint density at radius 3 is 2.33 bits per heavy atom. The van der Waals surface area contributed by atoms with E-state index < -0.39 is 12.0 Å². The predicted molar refractivity (Wildman–Crippen MR) is 81.2 cm³/mol. The molecule has 0 aliphatic rings. The second-order valence-corrected chi connectivity index (χ2v) is 5.12.